The minimum Gasteiger partial charge on any atom is -0.464 e. The highest BCUT2D eigenvalue weighted by molar-refractivity contribution is 8.02. The van der Waals surface area contributed by atoms with Gasteiger partial charge in [-0.25, -0.2) is 22.3 Å². The van der Waals surface area contributed by atoms with E-state index in [0.29, 0.717) is 22.5 Å². The fraction of sp³-hybridized carbons (Fsp3) is 0.500. The summed E-state index contributed by atoms with van der Waals surface area (Å²) in [7, 11) is -2.31. The average molecular weight is 531 g/mol. The van der Waals surface area contributed by atoms with E-state index < -0.39 is 50.4 Å². The molecule has 13 nitrogen and oxygen atoms in total. The molecule has 0 radical (unpaired) electrons. The predicted octanol–water partition coefficient (Wildman–Crippen LogP) is 1.64. The van der Waals surface area contributed by atoms with Gasteiger partial charge in [0.1, 0.15) is 0 Å². The normalized spacial score (nSPS) is 21.9. The SMILES string of the molecule is CCCCOC(=O)C1NC(C(=O)N(C)S(=O)(=O)c2ccccc2)C(N=NC(=O)OC)(OC(C)=O)S1. The number of benzene rings is 1. The van der Waals surface area contributed by atoms with Gasteiger partial charge in [0.15, 0.2) is 11.4 Å². The van der Waals surface area contributed by atoms with Gasteiger partial charge in [0.05, 0.1) is 18.6 Å². The number of nitrogens with one attached hydrogen (secondary N) is 1. The second-order valence-corrected chi connectivity index (χ2v) is 10.4. The van der Waals surface area contributed by atoms with Gasteiger partial charge < -0.3 is 14.2 Å². The van der Waals surface area contributed by atoms with Crippen LogP contribution in [-0.4, -0.2) is 73.9 Å². The Morgan fingerprint density at radius 1 is 1.20 bits per heavy atom. The maximum absolute atomic E-state index is 13.4. The minimum atomic E-state index is -4.33. The molecule has 1 aliphatic rings. The largest absolute Gasteiger partial charge is 0.464 e. The summed E-state index contributed by atoms with van der Waals surface area (Å²) in [5, 5.41) is 5.97. The van der Waals surface area contributed by atoms with Crippen LogP contribution in [0.2, 0.25) is 0 Å². The number of amides is 2. The Hall–Kier alpha value is -3.04. The molecule has 0 bridgehead atoms. The van der Waals surface area contributed by atoms with Crippen molar-refractivity contribution < 1.29 is 41.8 Å². The lowest BCUT2D eigenvalue weighted by Gasteiger charge is -2.29. The van der Waals surface area contributed by atoms with Crippen LogP contribution in [0.4, 0.5) is 4.79 Å². The molecule has 3 atom stereocenters. The van der Waals surface area contributed by atoms with Gasteiger partial charge >= 0.3 is 18.0 Å². The number of nitrogens with zero attached hydrogens (tertiary/aromatic N) is 3. The highest BCUT2D eigenvalue weighted by atomic mass is 32.2. The van der Waals surface area contributed by atoms with Crippen LogP contribution in [0.15, 0.2) is 45.5 Å². The zero-order chi connectivity index (χ0) is 26.2. The number of likely N-dealkylation sites (N-methyl/N-ethyl adjacent to an activating group) is 1. The van der Waals surface area contributed by atoms with Gasteiger partial charge in [-0.3, -0.25) is 14.9 Å². The molecule has 1 aliphatic heterocycles. The van der Waals surface area contributed by atoms with Gasteiger partial charge in [-0.1, -0.05) is 48.4 Å². The number of rotatable bonds is 9. The zero-order valence-electron chi connectivity index (χ0n) is 19.5. The van der Waals surface area contributed by atoms with Crippen LogP contribution in [-0.2, 0) is 38.6 Å². The van der Waals surface area contributed by atoms with Crippen molar-refractivity contribution in [2.24, 2.45) is 10.2 Å². The van der Waals surface area contributed by atoms with Crippen LogP contribution in [0.1, 0.15) is 26.7 Å². The van der Waals surface area contributed by atoms with E-state index in [1.807, 2.05) is 6.92 Å². The highest BCUT2D eigenvalue weighted by Crippen LogP contribution is 2.43. The van der Waals surface area contributed by atoms with E-state index in [-0.39, 0.29) is 11.5 Å². The number of sulfonamides is 1. The number of carbonyl (C=O) groups is 4. The lowest BCUT2D eigenvalue weighted by molar-refractivity contribution is -0.152. The molecule has 3 unspecified atom stereocenters. The van der Waals surface area contributed by atoms with E-state index in [1.165, 1.54) is 24.3 Å². The van der Waals surface area contributed by atoms with Crippen LogP contribution in [0.25, 0.3) is 0 Å². The first-order valence-electron chi connectivity index (χ1n) is 10.4. The van der Waals surface area contributed by atoms with Crippen LogP contribution in [0.5, 0.6) is 0 Å². The molecule has 15 heteroatoms. The summed E-state index contributed by atoms with van der Waals surface area (Å²) in [5.74, 6) is -2.87. The van der Waals surface area contributed by atoms with E-state index in [1.54, 1.807) is 6.07 Å². The Kier molecular flexibility index (Phi) is 9.73. The van der Waals surface area contributed by atoms with Gasteiger partial charge in [-0.15, -0.1) is 5.11 Å². The minimum absolute atomic E-state index is 0.0964. The number of hydrogen-bond donors (Lipinski definition) is 1. The van der Waals surface area contributed by atoms with Crippen molar-refractivity contribution >= 4 is 45.7 Å². The molecule has 0 spiro atoms. The topological polar surface area (TPSA) is 170 Å². The van der Waals surface area contributed by atoms with Crippen molar-refractivity contribution in [3.8, 4) is 0 Å². The summed E-state index contributed by atoms with van der Waals surface area (Å²) in [4.78, 5) is 49.4. The lowest BCUT2D eigenvalue weighted by atomic mass is 10.2. The third kappa shape index (κ3) is 6.76. The number of carbonyl (C=O) groups excluding carboxylic acids is 4. The Morgan fingerprint density at radius 2 is 1.86 bits per heavy atom. The summed E-state index contributed by atoms with van der Waals surface area (Å²) in [6.07, 6.45) is 0.162. The summed E-state index contributed by atoms with van der Waals surface area (Å²) >= 11 is 0.526. The first-order valence-corrected chi connectivity index (χ1v) is 12.7. The predicted molar refractivity (Wildman–Crippen MR) is 122 cm³/mol. The van der Waals surface area contributed by atoms with Crippen molar-refractivity contribution in [2.75, 3.05) is 20.8 Å². The third-order valence-corrected chi connectivity index (χ3v) is 7.69. The third-order valence-electron chi connectivity index (χ3n) is 4.62. The molecule has 2 amide bonds. The Labute approximate surface area is 206 Å². The van der Waals surface area contributed by atoms with E-state index in [2.05, 4.69) is 20.3 Å². The molecule has 192 valence electrons. The first-order chi connectivity index (χ1) is 16.5. The number of hydrogen-bond acceptors (Lipinski definition) is 12. The summed E-state index contributed by atoms with van der Waals surface area (Å²) in [5.41, 5.74) is 0. The molecule has 0 aliphatic carbocycles. The molecule has 2 rings (SSSR count). The van der Waals surface area contributed by atoms with E-state index in [9.17, 15) is 27.6 Å². The fourth-order valence-corrected chi connectivity index (χ4v) is 5.28. The molecule has 1 N–H and O–H groups in total. The van der Waals surface area contributed by atoms with Gasteiger partial charge in [-0.2, -0.15) is 0 Å². The molecule has 35 heavy (non-hydrogen) atoms. The average Bonchev–Trinajstić information content (AvgIpc) is 3.21. The maximum atomic E-state index is 13.4. The highest BCUT2D eigenvalue weighted by Gasteiger charge is 2.59. The summed E-state index contributed by atoms with van der Waals surface area (Å²) in [6, 6.07) is 5.40. The molecule has 1 saturated heterocycles. The number of thioether (sulfide) groups is 1. The van der Waals surface area contributed by atoms with E-state index in [4.69, 9.17) is 9.47 Å². The fourth-order valence-electron chi connectivity index (χ4n) is 2.86. The van der Waals surface area contributed by atoms with Crippen molar-refractivity contribution in [1.29, 1.82) is 0 Å². The van der Waals surface area contributed by atoms with Crippen LogP contribution in [0.3, 0.4) is 0 Å². The Balaban J connectivity index is 2.49. The zero-order valence-corrected chi connectivity index (χ0v) is 21.1. The molecule has 0 aromatic heterocycles. The van der Waals surface area contributed by atoms with Crippen molar-refractivity contribution in [3.63, 3.8) is 0 Å². The maximum Gasteiger partial charge on any atom is 0.451 e. The number of unbranched alkanes of at least 4 members (excludes halogenated alkanes) is 1. The monoisotopic (exact) mass is 530 g/mol. The number of azo groups is 1. The lowest BCUT2D eigenvalue weighted by Crippen LogP contribution is -2.55. The molecule has 1 heterocycles. The van der Waals surface area contributed by atoms with E-state index >= 15 is 0 Å². The van der Waals surface area contributed by atoms with Crippen LogP contribution < -0.4 is 5.32 Å². The second kappa shape index (κ2) is 12.1. The van der Waals surface area contributed by atoms with Crippen molar-refractivity contribution in [2.45, 2.75) is 48.1 Å². The smallest absolute Gasteiger partial charge is 0.451 e. The van der Waals surface area contributed by atoms with Gasteiger partial charge in [-0.05, 0) is 18.6 Å². The molecule has 1 aromatic rings. The Morgan fingerprint density at radius 3 is 2.43 bits per heavy atom. The second-order valence-electron chi connectivity index (χ2n) is 7.14. The summed E-state index contributed by atoms with van der Waals surface area (Å²) < 4.78 is 41.3. The Bertz CT molecular complexity index is 1080. The first kappa shape index (κ1) is 28.2. The molecular weight excluding hydrogens is 504 g/mol. The standard InChI is InChI=1S/C20H26N4O9S2/c1-5-6-12-32-18(27)16-21-15(20(34-16,33-13(2)25)23-22-19(28)31-4)17(26)24(3)35(29,30)14-10-8-7-9-11-14/h7-11,15-16,21H,5-6,12H2,1-4H3. The van der Waals surface area contributed by atoms with Crippen LogP contribution >= 0.6 is 11.8 Å². The molecule has 1 fully saturated rings. The summed E-state index contributed by atoms with van der Waals surface area (Å²) in [6.45, 7) is 3.00. The van der Waals surface area contributed by atoms with Crippen LogP contribution in [0, 0.1) is 0 Å². The quantitative estimate of drug-likeness (QED) is 0.213. The van der Waals surface area contributed by atoms with Crippen molar-refractivity contribution in [3.05, 3.63) is 30.3 Å². The molecule has 0 saturated carbocycles. The number of ether oxygens (including phenoxy) is 3. The molecule has 1 aromatic carbocycles. The number of methoxy groups -OCH3 is 1. The molecular formula is C20H26N4O9S2. The van der Waals surface area contributed by atoms with E-state index in [0.717, 1.165) is 27.5 Å². The van der Waals surface area contributed by atoms with Crippen molar-refractivity contribution in [1.82, 2.24) is 9.62 Å². The number of esters is 2. The van der Waals surface area contributed by atoms with Gasteiger partial charge in [0.2, 0.25) is 0 Å². The van der Waals surface area contributed by atoms with Gasteiger partial charge in [0, 0.05) is 14.0 Å². The van der Waals surface area contributed by atoms with Gasteiger partial charge in [0.25, 0.3) is 21.0 Å².